The Hall–Kier alpha value is -3.33. The molecule has 7 nitrogen and oxygen atoms in total. The van der Waals surface area contributed by atoms with E-state index in [1.807, 2.05) is 6.07 Å². The van der Waals surface area contributed by atoms with E-state index in [9.17, 15) is 17.6 Å². The molecule has 3 aromatic rings. The lowest BCUT2D eigenvalue weighted by Crippen LogP contribution is -2.50. The molecule has 0 spiro atoms. The number of nitrogens with zero attached hydrogens (tertiary/aromatic N) is 1. The van der Waals surface area contributed by atoms with E-state index in [1.165, 1.54) is 17.0 Å². The van der Waals surface area contributed by atoms with Gasteiger partial charge in [0.05, 0.1) is 18.1 Å². The molecule has 2 aliphatic heterocycles. The Kier molecular flexibility index (Phi) is 5.57. The topological polar surface area (TPSA) is 86.1 Å². The van der Waals surface area contributed by atoms with Crippen molar-refractivity contribution in [2.75, 3.05) is 18.1 Å². The lowest BCUT2D eigenvalue weighted by Gasteiger charge is -2.33. The number of benzene rings is 2. The molecule has 33 heavy (non-hydrogen) atoms. The number of hydrogen-bond donors (Lipinski definition) is 0. The average molecular weight is 472 g/mol. The minimum atomic E-state index is -3.22. The van der Waals surface area contributed by atoms with Crippen LogP contribution in [-0.4, -0.2) is 49.5 Å². The highest BCUT2D eigenvalue weighted by Crippen LogP contribution is 2.32. The highest BCUT2D eigenvalue weighted by atomic mass is 32.2. The van der Waals surface area contributed by atoms with Gasteiger partial charge in [-0.25, -0.2) is 12.8 Å². The SMILES string of the molecule is O=C([C@H]1COc2ccccc2O1)N(Cc1ccc(-c2ccc(F)cc2)o1)[C@@H]1CCS(=O)(=O)C1. The molecule has 1 saturated heterocycles. The number of furan rings is 1. The van der Waals surface area contributed by atoms with Gasteiger partial charge in [0, 0.05) is 11.6 Å². The monoisotopic (exact) mass is 471 g/mol. The molecular weight excluding hydrogens is 449 g/mol. The van der Waals surface area contributed by atoms with Gasteiger partial charge in [-0.2, -0.15) is 0 Å². The van der Waals surface area contributed by atoms with Crippen molar-refractivity contribution >= 4 is 15.7 Å². The molecule has 0 bridgehead atoms. The summed E-state index contributed by atoms with van der Waals surface area (Å²) < 4.78 is 55.0. The second kappa shape index (κ2) is 8.55. The first-order chi connectivity index (χ1) is 15.9. The van der Waals surface area contributed by atoms with Crippen LogP contribution in [0.15, 0.2) is 65.1 Å². The van der Waals surface area contributed by atoms with Crippen LogP contribution in [-0.2, 0) is 21.2 Å². The van der Waals surface area contributed by atoms with Crippen LogP contribution in [0.25, 0.3) is 11.3 Å². The van der Waals surface area contributed by atoms with E-state index in [0.29, 0.717) is 35.0 Å². The third-order valence-corrected chi connectivity index (χ3v) is 7.58. The second-order valence-electron chi connectivity index (χ2n) is 8.16. The van der Waals surface area contributed by atoms with Gasteiger partial charge in [-0.1, -0.05) is 12.1 Å². The first kappa shape index (κ1) is 21.5. The fraction of sp³-hybridized carbons (Fsp3) is 0.292. The third kappa shape index (κ3) is 4.59. The van der Waals surface area contributed by atoms with Gasteiger partial charge in [0.2, 0.25) is 6.10 Å². The number of hydrogen-bond acceptors (Lipinski definition) is 6. The van der Waals surface area contributed by atoms with Crippen LogP contribution in [0.5, 0.6) is 11.5 Å². The number of rotatable bonds is 5. The Labute approximate surface area is 190 Å². The molecule has 1 aromatic heterocycles. The van der Waals surface area contributed by atoms with Crippen molar-refractivity contribution < 1.29 is 31.5 Å². The van der Waals surface area contributed by atoms with Crippen molar-refractivity contribution in [1.29, 1.82) is 0 Å². The summed E-state index contributed by atoms with van der Waals surface area (Å²) >= 11 is 0. The zero-order chi connectivity index (χ0) is 23.0. The van der Waals surface area contributed by atoms with Crippen LogP contribution in [0.3, 0.4) is 0 Å². The summed E-state index contributed by atoms with van der Waals surface area (Å²) in [7, 11) is -3.22. The average Bonchev–Trinajstić information content (AvgIpc) is 3.43. The number of ether oxygens (including phenoxy) is 2. The molecule has 0 N–H and O–H groups in total. The highest BCUT2D eigenvalue weighted by Gasteiger charge is 2.39. The predicted molar refractivity (Wildman–Crippen MR) is 118 cm³/mol. The summed E-state index contributed by atoms with van der Waals surface area (Å²) in [4.78, 5) is 15.0. The fourth-order valence-corrected chi connectivity index (χ4v) is 5.87. The minimum absolute atomic E-state index is 0.0325. The number of para-hydroxylation sites is 2. The van der Waals surface area contributed by atoms with Crippen molar-refractivity contribution in [3.05, 3.63) is 72.2 Å². The molecule has 3 heterocycles. The van der Waals surface area contributed by atoms with Gasteiger partial charge in [0.25, 0.3) is 5.91 Å². The molecule has 5 rings (SSSR count). The zero-order valence-electron chi connectivity index (χ0n) is 17.6. The molecular formula is C24H22FNO6S. The van der Waals surface area contributed by atoms with E-state index in [-0.39, 0.29) is 36.4 Å². The van der Waals surface area contributed by atoms with Crippen LogP contribution < -0.4 is 9.47 Å². The highest BCUT2D eigenvalue weighted by molar-refractivity contribution is 7.91. The van der Waals surface area contributed by atoms with Crippen LogP contribution in [0, 0.1) is 5.82 Å². The van der Waals surface area contributed by atoms with E-state index in [1.54, 1.807) is 42.5 Å². The molecule has 2 aromatic carbocycles. The maximum Gasteiger partial charge on any atom is 0.267 e. The van der Waals surface area contributed by atoms with Gasteiger partial charge in [0.1, 0.15) is 23.9 Å². The molecule has 2 atom stereocenters. The Morgan fingerprint density at radius 3 is 2.52 bits per heavy atom. The van der Waals surface area contributed by atoms with Crippen molar-refractivity contribution in [3.8, 4) is 22.8 Å². The van der Waals surface area contributed by atoms with Gasteiger partial charge < -0.3 is 18.8 Å². The van der Waals surface area contributed by atoms with Crippen molar-refractivity contribution in [2.24, 2.45) is 0 Å². The Bertz CT molecular complexity index is 1270. The van der Waals surface area contributed by atoms with E-state index >= 15 is 0 Å². The largest absolute Gasteiger partial charge is 0.485 e. The smallest absolute Gasteiger partial charge is 0.267 e. The molecule has 1 amide bonds. The predicted octanol–water partition coefficient (Wildman–Crippen LogP) is 3.44. The lowest BCUT2D eigenvalue weighted by atomic mass is 10.1. The first-order valence-electron chi connectivity index (χ1n) is 10.6. The Morgan fingerprint density at radius 1 is 1.03 bits per heavy atom. The van der Waals surface area contributed by atoms with E-state index in [2.05, 4.69) is 0 Å². The first-order valence-corrected chi connectivity index (χ1v) is 12.4. The molecule has 0 radical (unpaired) electrons. The van der Waals surface area contributed by atoms with E-state index in [0.717, 1.165) is 0 Å². The molecule has 1 fully saturated rings. The molecule has 0 saturated carbocycles. The molecule has 9 heteroatoms. The summed E-state index contributed by atoms with van der Waals surface area (Å²) in [6.07, 6.45) is -0.543. The van der Waals surface area contributed by atoms with Crippen molar-refractivity contribution in [2.45, 2.75) is 25.1 Å². The lowest BCUT2D eigenvalue weighted by molar-refractivity contribution is -0.144. The summed E-state index contributed by atoms with van der Waals surface area (Å²) in [5.41, 5.74) is 0.699. The normalized spacial score (nSPS) is 21.0. The number of fused-ring (bicyclic) bond motifs is 1. The Morgan fingerprint density at radius 2 is 1.79 bits per heavy atom. The Balaban J connectivity index is 1.39. The van der Waals surface area contributed by atoms with E-state index < -0.39 is 22.0 Å². The fourth-order valence-electron chi connectivity index (χ4n) is 4.13. The zero-order valence-corrected chi connectivity index (χ0v) is 18.5. The van der Waals surface area contributed by atoms with Gasteiger partial charge in [-0.15, -0.1) is 0 Å². The molecule has 0 unspecified atom stereocenters. The summed E-state index contributed by atoms with van der Waals surface area (Å²) in [6.45, 7) is 0.118. The van der Waals surface area contributed by atoms with Gasteiger partial charge in [-0.3, -0.25) is 4.79 Å². The number of carbonyl (C=O) groups is 1. The number of sulfone groups is 1. The van der Waals surface area contributed by atoms with Gasteiger partial charge in [-0.05, 0) is 55.0 Å². The quantitative estimate of drug-likeness (QED) is 0.567. The molecule has 172 valence electrons. The summed E-state index contributed by atoms with van der Waals surface area (Å²) in [6, 6.07) is 16.0. The maximum absolute atomic E-state index is 13.5. The number of halogens is 1. The second-order valence-corrected chi connectivity index (χ2v) is 10.4. The standard InChI is InChI=1S/C24H22FNO6S/c25-17-7-5-16(6-8-17)20-10-9-19(31-20)13-26(18-11-12-33(28,29)15-18)24(27)23-14-30-21-3-1-2-4-22(21)32-23/h1-10,18,23H,11-15H2/t18-,23-/m1/s1. The maximum atomic E-state index is 13.5. The van der Waals surface area contributed by atoms with Crippen LogP contribution >= 0.6 is 0 Å². The minimum Gasteiger partial charge on any atom is -0.485 e. The number of carbonyl (C=O) groups excluding carboxylic acids is 1. The van der Waals surface area contributed by atoms with Crippen LogP contribution in [0.4, 0.5) is 4.39 Å². The van der Waals surface area contributed by atoms with Crippen LogP contribution in [0.2, 0.25) is 0 Å². The van der Waals surface area contributed by atoms with Crippen LogP contribution in [0.1, 0.15) is 12.2 Å². The van der Waals surface area contributed by atoms with Gasteiger partial charge in [0.15, 0.2) is 21.3 Å². The van der Waals surface area contributed by atoms with Crippen molar-refractivity contribution in [3.63, 3.8) is 0 Å². The summed E-state index contributed by atoms with van der Waals surface area (Å²) in [5, 5.41) is 0. The summed E-state index contributed by atoms with van der Waals surface area (Å²) in [5.74, 6) is 1.28. The van der Waals surface area contributed by atoms with Gasteiger partial charge >= 0.3 is 0 Å². The molecule has 2 aliphatic rings. The van der Waals surface area contributed by atoms with Crippen molar-refractivity contribution in [1.82, 2.24) is 4.90 Å². The number of amides is 1. The third-order valence-electron chi connectivity index (χ3n) is 5.83. The van der Waals surface area contributed by atoms with E-state index in [4.69, 9.17) is 13.9 Å². The molecule has 0 aliphatic carbocycles.